The number of rotatable bonds is 9. The van der Waals surface area contributed by atoms with E-state index in [0.717, 1.165) is 62.0 Å². The van der Waals surface area contributed by atoms with E-state index in [-0.39, 0.29) is 30.0 Å². The molecule has 3 fully saturated rings. The molecule has 0 spiro atoms. The van der Waals surface area contributed by atoms with Crippen LogP contribution in [-0.2, 0) is 11.2 Å². The third-order valence-electron chi connectivity index (χ3n) is 10.6. The topological polar surface area (TPSA) is 81.9 Å². The van der Waals surface area contributed by atoms with E-state index < -0.39 is 11.9 Å². The first-order valence-corrected chi connectivity index (χ1v) is 17.2. The maximum absolute atomic E-state index is 14.7. The van der Waals surface area contributed by atoms with Crippen molar-refractivity contribution in [3.05, 3.63) is 59.3 Å². The minimum absolute atomic E-state index is 0.159. The van der Waals surface area contributed by atoms with Gasteiger partial charge in [-0.1, -0.05) is 0 Å². The zero-order valence-corrected chi connectivity index (χ0v) is 28.1. The number of aliphatic hydroxyl groups is 1. The van der Waals surface area contributed by atoms with Crippen molar-refractivity contribution in [3.63, 3.8) is 0 Å². The molecule has 2 bridgehead atoms. The zero-order valence-electron chi connectivity index (χ0n) is 28.1. The van der Waals surface area contributed by atoms with Crippen LogP contribution >= 0.6 is 0 Å². The largest absolute Gasteiger partial charge is 0.392 e. The van der Waals surface area contributed by atoms with Crippen LogP contribution in [0.4, 0.5) is 4.39 Å². The van der Waals surface area contributed by atoms with Crippen LogP contribution in [0.1, 0.15) is 74.9 Å². The Labute approximate surface area is 272 Å². The number of halogens is 1. The predicted molar refractivity (Wildman–Crippen MR) is 178 cm³/mol. The summed E-state index contributed by atoms with van der Waals surface area (Å²) in [6.45, 7) is 14.6. The van der Waals surface area contributed by atoms with Gasteiger partial charge in [0.1, 0.15) is 5.82 Å². The molecule has 9 heteroatoms. The van der Waals surface area contributed by atoms with Gasteiger partial charge in [-0.05, 0) is 119 Å². The van der Waals surface area contributed by atoms with E-state index in [0.29, 0.717) is 29.4 Å². The molecule has 248 valence electrons. The quantitative estimate of drug-likeness (QED) is 0.339. The molecule has 4 heterocycles. The van der Waals surface area contributed by atoms with Gasteiger partial charge in [0.15, 0.2) is 0 Å². The molecule has 1 saturated carbocycles. The summed E-state index contributed by atoms with van der Waals surface area (Å²) in [4.78, 5) is 36.7. The summed E-state index contributed by atoms with van der Waals surface area (Å²) < 4.78 is 16.7. The second kappa shape index (κ2) is 13.4. The molecule has 1 N–H and O–H groups in total. The molecule has 2 aliphatic heterocycles. The van der Waals surface area contributed by atoms with E-state index in [2.05, 4.69) is 27.9 Å². The molecule has 0 radical (unpaired) electrons. The van der Waals surface area contributed by atoms with Crippen molar-refractivity contribution in [2.45, 2.75) is 78.9 Å². The number of benzene rings is 1. The molecular formula is C37H50FN5O3. The van der Waals surface area contributed by atoms with Gasteiger partial charge in [-0.3, -0.25) is 14.6 Å². The maximum Gasteiger partial charge on any atom is 0.256 e. The summed E-state index contributed by atoms with van der Waals surface area (Å²) in [6.07, 6.45) is 11.0. The van der Waals surface area contributed by atoms with Gasteiger partial charge in [-0.15, -0.1) is 0 Å². The lowest BCUT2D eigenvalue weighted by Crippen LogP contribution is -2.47. The number of nitrogens with zero attached hydrogens (tertiary/aromatic N) is 5. The third kappa shape index (κ3) is 6.86. The Balaban J connectivity index is 1.21. The van der Waals surface area contributed by atoms with E-state index in [4.69, 9.17) is 0 Å². The third-order valence-corrected chi connectivity index (χ3v) is 10.6. The van der Waals surface area contributed by atoms with Crippen molar-refractivity contribution in [2.75, 3.05) is 39.3 Å². The molecule has 3 aliphatic rings. The van der Waals surface area contributed by atoms with E-state index in [1.165, 1.54) is 37.0 Å². The van der Waals surface area contributed by atoms with Crippen LogP contribution in [0.25, 0.3) is 16.6 Å². The molecule has 2 amide bonds. The number of fused-ring (bicyclic) bond motifs is 3. The number of hydrogen-bond acceptors (Lipinski definition) is 5. The number of amides is 2. The Morgan fingerprint density at radius 3 is 2.48 bits per heavy atom. The van der Waals surface area contributed by atoms with Gasteiger partial charge in [0.25, 0.3) is 5.91 Å². The van der Waals surface area contributed by atoms with Crippen LogP contribution in [0.2, 0.25) is 0 Å². The molecule has 46 heavy (non-hydrogen) atoms. The lowest BCUT2D eigenvalue weighted by Gasteiger charge is -2.44. The minimum Gasteiger partial charge on any atom is -0.392 e. The average Bonchev–Trinajstić information content (AvgIpc) is 3.59. The number of aliphatic hydroxyl groups excluding tert-OH is 1. The lowest BCUT2D eigenvalue weighted by atomic mass is 9.72. The number of carbonyl (C=O) groups is 2. The highest BCUT2D eigenvalue weighted by Crippen LogP contribution is 2.39. The molecule has 6 rings (SSSR count). The lowest BCUT2D eigenvalue weighted by molar-refractivity contribution is -0.133. The van der Waals surface area contributed by atoms with E-state index in [9.17, 15) is 19.1 Å². The number of hydrogen-bond donors (Lipinski definition) is 1. The Hall–Kier alpha value is -3.30. The fraction of sp³-hybridized carbons (Fsp3) is 0.595. The second-order valence-electron chi connectivity index (χ2n) is 14.8. The molecule has 2 saturated heterocycles. The first-order chi connectivity index (χ1) is 22.0. The monoisotopic (exact) mass is 631 g/mol. The molecule has 8 nitrogen and oxygen atoms in total. The summed E-state index contributed by atoms with van der Waals surface area (Å²) in [5.74, 6) is 1.97. The first kappa shape index (κ1) is 32.6. The van der Waals surface area contributed by atoms with Gasteiger partial charge in [0.05, 0.1) is 29.1 Å². The number of carbonyl (C=O) groups excluding carboxylic acids is 2. The van der Waals surface area contributed by atoms with Gasteiger partial charge < -0.3 is 24.4 Å². The fourth-order valence-corrected chi connectivity index (χ4v) is 8.68. The Kier molecular flexibility index (Phi) is 9.53. The van der Waals surface area contributed by atoms with Gasteiger partial charge in [-0.25, -0.2) is 4.39 Å². The molecule has 1 aromatic carbocycles. The van der Waals surface area contributed by atoms with Crippen LogP contribution in [0.3, 0.4) is 0 Å². The minimum atomic E-state index is -0.699. The Bertz CT molecular complexity index is 1570. The predicted octanol–water partition coefficient (Wildman–Crippen LogP) is 5.46. The van der Waals surface area contributed by atoms with Crippen LogP contribution in [0, 0.1) is 36.4 Å². The normalized spacial score (nSPS) is 24.1. The van der Waals surface area contributed by atoms with E-state index in [1.807, 2.05) is 30.8 Å². The molecule has 3 unspecified atom stereocenters. The van der Waals surface area contributed by atoms with Crippen molar-refractivity contribution in [3.8, 4) is 5.69 Å². The standard InChI is InChI=1S/C37H50FN5O3/c1-23(2)42(17-25(4)44)37(46)33-14-32(38)6-7-34(33)43-22-31(36-24(3)15-39-16-35(36)43)13-27-8-9-40(18-27)19-28-10-29-12-30(11-28)21-41(20-29)26(5)45/h6-7,14-16,22-23,25,27-30,44H,8-13,17-21H2,1-5H3/t25?,27-,28?,29?,30?/m0/s1. The fourth-order valence-electron chi connectivity index (χ4n) is 8.68. The van der Waals surface area contributed by atoms with Gasteiger partial charge in [-0.2, -0.15) is 0 Å². The zero-order chi connectivity index (χ0) is 32.7. The number of likely N-dealkylation sites (tertiary alicyclic amines) is 2. The summed E-state index contributed by atoms with van der Waals surface area (Å²) >= 11 is 0. The maximum atomic E-state index is 14.7. The summed E-state index contributed by atoms with van der Waals surface area (Å²) in [5, 5.41) is 11.2. The van der Waals surface area contributed by atoms with Crippen LogP contribution in [-0.4, -0.2) is 92.6 Å². The summed E-state index contributed by atoms with van der Waals surface area (Å²) in [7, 11) is 0. The van der Waals surface area contributed by atoms with Crippen molar-refractivity contribution >= 4 is 22.7 Å². The van der Waals surface area contributed by atoms with Gasteiger partial charge >= 0.3 is 0 Å². The molecule has 3 aromatic rings. The van der Waals surface area contributed by atoms with Crippen LogP contribution < -0.4 is 0 Å². The highest BCUT2D eigenvalue weighted by molar-refractivity contribution is 5.99. The SMILES string of the molecule is CC(=O)N1CC2CC(CN3CC[C@@H](Cc4cn(-c5ccc(F)cc5C(=O)N(CC(C)O)C(C)C)c5cncc(C)c45)C3)CC(C2)C1. The van der Waals surface area contributed by atoms with E-state index in [1.54, 1.807) is 24.8 Å². The first-order valence-electron chi connectivity index (χ1n) is 17.2. The van der Waals surface area contributed by atoms with Crippen LogP contribution in [0.5, 0.6) is 0 Å². The molecular weight excluding hydrogens is 581 g/mol. The van der Waals surface area contributed by atoms with Crippen molar-refractivity contribution in [1.29, 1.82) is 0 Å². The van der Waals surface area contributed by atoms with Crippen LogP contribution in [0.15, 0.2) is 36.8 Å². The number of piperidine rings is 1. The molecule has 1 aliphatic carbocycles. The summed E-state index contributed by atoms with van der Waals surface area (Å²) in [6, 6.07) is 4.24. The second-order valence-corrected chi connectivity index (χ2v) is 14.8. The highest BCUT2D eigenvalue weighted by Gasteiger charge is 2.37. The molecule has 4 atom stereocenters. The Morgan fingerprint density at radius 2 is 1.80 bits per heavy atom. The number of aromatic nitrogens is 2. The molecule has 2 aromatic heterocycles. The number of pyridine rings is 1. The van der Waals surface area contributed by atoms with E-state index >= 15 is 0 Å². The van der Waals surface area contributed by atoms with Crippen molar-refractivity contribution in [2.24, 2.45) is 23.7 Å². The van der Waals surface area contributed by atoms with Crippen molar-refractivity contribution in [1.82, 2.24) is 24.3 Å². The van der Waals surface area contributed by atoms with Gasteiger partial charge in [0.2, 0.25) is 5.91 Å². The average molecular weight is 632 g/mol. The smallest absolute Gasteiger partial charge is 0.256 e. The Morgan fingerprint density at radius 1 is 1.07 bits per heavy atom. The highest BCUT2D eigenvalue weighted by atomic mass is 19.1. The summed E-state index contributed by atoms with van der Waals surface area (Å²) in [5.41, 5.74) is 4.11. The van der Waals surface area contributed by atoms with Gasteiger partial charge in [0, 0.05) is 63.5 Å². The van der Waals surface area contributed by atoms with Crippen molar-refractivity contribution < 1.29 is 19.1 Å². The number of aryl methyl sites for hydroxylation is 1.